The highest BCUT2D eigenvalue weighted by Crippen LogP contribution is 2.44. The van der Waals surface area contributed by atoms with Crippen LogP contribution in [-0.2, 0) is 9.47 Å². The van der Waals surface area contributed by atoms with Gasteiger partial charge in [0.15, 0.2) is 5.82 Å². The Morgan fingerprint density at radius 3 is 2.05 bits per heavy atom. The third kappa shape index (κ3) is 5.75. The molecule has 0 aliphatic rings. The minimum absolute atomic E-state index is 0.150. The van der Waals surface area contributed by atoms with E-state index in [0.29, 0.717) is 33.9 Å². The quantitative estimate of drug-likeness (QED) is 0.290. The van der Waals surface area contributed by atoms with Crippen LogP contribution in [0.3, 0.4) is 0 Å². The van der Waals surface area contributed by atoms with Crippen LogP contribution in [0.5, 0.6) is 5.75 Å². The number of anilines is 1. The molecule has 4 aromatic rings. The predicted molar refractivity (Wildman–Crippen MR) is 157 cm³/mol. The molecule has 0 unspecified atom stereocenters. The summed E-state index contributed by atoms with van der Waals surface area (Å²) in [5.74, 6) is 1.12. The lowest BCUT2D eigenvalue weighted by atomic mass is 10.1. The number of pyridine rings is 1. The van der Waals surface area contributed by atoms with Crippen LogP contribution in [0.1, 0.15) is 63.9 Å². The van der Waals surface area contributed by atoms with Gasteiger partial charge in [0, 0.05) is 16.6 Å². The van der Waals surface area contributed by atoms with E-state index in [0.717, 1.165) is 27.3 Å². The van der Waals surface area contributed by atoms with Gasteiger partial charge in [-0.2, -0.15) is 10.00 Å². The number of aromatic amines is 1. The monoisotopic (exact) mass is 562 g/mol. The summed E-state index contributed by atoms with van der Waals surface area (Å²) >= 11 is 0. The van der Waals surface area contributed by atoms with Crippen molar-refractivity contribution in [1.82, 2.24) is 24.7 Å². The molecule has 218 valence electrons. The summed E-state index contributed by atoms with van der Waals surface area (Å²) in [5.41, 5.74) is 3.15. The van der Waals surface area contributed by atoms with Gasteiger partial charge in [0.2, 0.25) is 0 Å². The van der Waals surface area contributed by atoms with Crippen molar-refractivity contribution in [3.63, 3.8) is 0 Å². The van der Waals surface area contributed by atoms with Crippen LogP contribution in [-0.4, -0.2) is 55.2 Å². The highest BCUT2D eigenvalue weighted by molar-refractivity contribution is 6.16. The number of aryl methyl sites for hydroxylation is 3. The molecular formula is C30H38N6O5. The smallest absolute Gasteiger partial charge is 0.425 e. The molecule has 0 radical (unpaired) electrons. The number of imide groups is 1. The molecule has 4 rings (SSSR count). The molecule has 3 aromatic heterocycles. The molecule has 0 fully saturated rings. The number of nitrogens with zero attached hydrogens (tertiary/aromatic N) is 5. The summed E-state index contributed by atoms with van der Waals surface area (Å²) in [6, 6.07) is 5.75. The van der Waals surface area contributed by atoms with Crippen LogP contribution in [0.25, 0.3) is 28.1 Å². The molecule has 11 heteroatoms. The zero-order valence-corrected chi connectivity index (χ0v) is 25.6. The van der Waals surface area contributed by atoms with E-state index >= 15 is 0 Å². The fourth-order valence-electron chi connectivity index (χ4n) is 4.61. The molecule has 0 spiro atoms. The van der Waals surface area contributed by atoms with E-state index in [2.05, 4.69) is 15.2 Å². The largest absolute Gasteiger partial charge is 0.496 e. The first-order valence-corrected chi connectivity index (χ1v) is 13.3. The van der Waals surface area contributed by atoms with Crippen LogP contribution >= 0.6 is 0 Å². The van der Waals surface area contributed by atoms with Crippen LogP contribution < -0.4 is 9.64 Å². The average Bonchev–Trinajstić information content (AvgIpc) is 3.45. The van der Waals surface area contributed by atoms with E-state index in [-0.39, 0.29) is 5.82 Å². The molecule has 3 heterocycles. The van der Waals surface area contributed by atoms with Crippen molar-refractivity contribution in [2.45, 2.75) is 80.4 Å². The van der Waals surface area contributed by atoms with Gasteiger partial charge in [0.1, 0.15) is 34.7 Å². The van der Waals surface area contributed by atoms with Gasteiger partial charge >= 0.3 is 12.2 Å². The maximum Gasteiger partial charge on any atom is 0.425 e. The van der Waals surface area contributed by atoms with E-state index in [4.69, 9.17) is 19.2 Å². The Labute approximate surface area is 239 Å². The number of H-pyrrole nitrogens is 1. The fourth-order valence-corrected chi connectivity index (χ4v) is 4.61. The van der Waals surface area contributed by atoms with Crippen molar-refractivity contribution >= 4 is 29.0 Å². The van der Waals surface area contributed by atoms with Gasteiger partial charge in [-0.05, 0) is 92.5 Å². The van der Waals surface area contributed by atoms with E-state index in [9.17, 15) is 9.59 Å². The summed E-state index contributed by atoms with van der Waals surface area (Å²) in [5, 5.41) is 7.62. The molecule has 0 bridgehead atoms. The minimum atomic E-state index is -0.914. The number of carbonyl (C=O) groups is 2. The Kier molecular flexibility index (Phi) is 7.59. The van der Waals surface area contributed by atoms with Crippen molar-refractivity contribution in [3.8, 4) is 22.8 Å². The molecule has 0 saturated heterocycles. The van der Waals surface area contributed by atoms with Gasteiger partial charge in [0.05, 0.1) is 18.4 Å². The number of benzene rings is 1. The number of ether oxygens (including phenoxy) is 3. The number of aromatic nitrogens is 5. The van der Waals surface area contributed by atoms with E-state index in [1.165, 1.54) is 6.33 Å². The Hall–Kier alpha value is -4.41. The van der Waals surface area contributed by atoms with Gasteiger partial charge in [0.25, 0.3) is 0 Å². The van der Waals surface area contributed by atoms with Gasteiger partial charge in [-0.3, -0.25) is 9.67 Å². The minimum Gasteiger partial charge on any atom is -0.496 e. The summed E-state index contributed by atoms with van der Waals surface area (Å²) < 4.78 is 19.0. The number of rotatable bonds is 4. The summed E-state index contributed by atoms with van der Waals surface area (Å²) in [6.07, 6.45) is -0.462. The Bertz CT molecular complexity index is 1600. The highest BCUT2D eigenvalue weighted by Gasteiger charge is 2.39. The first-order chi connectivity index (χ1) is 19.0. The topological polar surface area (TPSA) is 124 Å². The van der Waals surface area contributed by atoms with Crippen molar-refractivity contribution in [2.24, 2.45) is 0 Å². The number of amides is 2. The normalized spacial score (nSPS) is 12.0. The number of methoxy groups -OCH3 is 1. The highest BCUT2D eigenvalue weighted by atomic mass is 16.6. The molecule has 41 heavy (non-hydrogen) atoms. The molecule has 0 saturated carbocycles. The first kappa shape index (κ1) is 29.6. The molecule has 2 amide bonds. The van der Waals surface area contributed by atoms with Crippen LogP contribution in [0, 0.1) is 27.7 Å². The SMILES string of the molecule is COc1ccc(C)c(-n2c(N(C(=O)OC(C)(C)C)C(=O)OC(C)(C)C)c(-c3ncn[nH]3)c3cc(C)c(C)nc32)c1C. The van der Waals surface area contributed by atoms with Crippen molar-refractivity contribution in [3.05, 3.63) is 46.9 Å². The number of carbonyl (C=O) groups excluding carboxylic acids is 2. The summed E-state index contributed by atoms with van der Waals surface area (Å²) in [4.78, 5) is 38.3. The van der Waals surface area contributed by atoms with Crippen LogP contribution in [0.2, 0.25) is 0 Å². The zero-order chi connectivity index (χ0) is 30.4. The lowest BCUT2D eigenvalue weighted by Gasteiger charge is -2.30. The Morgan fingerprint density at radius 2 is 1.54 bits per heavy atom. The third-order valence-electron chi connectivity index (χ3n) is 6.40. The van der Waals surface area contributed by atoms with Gasteiger partial charge in [-0.1, -0.05) is 6.07 Å². The first-order valence-electron chi connectivity index (χ1n) is 13.3. The number of fused-ring (bicyclic) bond motifs is 1. The predicted octanol–water partition coefficient (Wildman–Crippen LogP) is 6.73. The standard InChI is InChI=1S/C30H38N6O5/c1-16-12-13-21(39-11)18(3)23(16)35-25-20(14-17(2)19(4)33-25)22(24-31-15-32-34-24)26(35)36(27(37)40-29(5,6)7)28(38)41-30(8,9)10/h12-15H,1-11H3,(H,31,32,34). The molecule has 0 aliphatic carbocycles. The molecule has 1 aromatic carbocycles. The summed E-state index contributed by atoms with van der Waals surface area (Å²) in [7, 11) is 1.59. The van der Waals surface area contributed by atoms with Gasteiger partial charge in [-0.15, -0.1) is 0 Å². The maximum absolute atomic E-state index is 14.0. The lowest BCUT2D eigenvalue weighted by Crippen LogP contribution is -2.45. The fraction of sp³-hybridized carbons (Fsp3) is 0.433. The molecule has 1 N–H and O–H groups in total. The second-order valence-electron chi connectivity index (χ2n) is 12.0. The second kappa shape index (κ2) is 10.5. The van der Waals surface area contributed by atoms with Gasteiger partial charge < -0.3 is 14.2 Å². The molecule has 0 atom stereocenters. The molecule has 0 aliphatic heterocycles. The second-order valence-corrected chi connectivity index (χ2v) is 12.0. The van der Waals surface area contributed by atoms with Crippen LogP contribution in [0.15, 0.2) is 24.5 Å². The van der Waals surface area contributed by atoms with Gasteiger partial charge in [-0.25, -0.2) is 19.6 Å². The van der Waals surface area contributed by atoms with Crippen molar-refractivity contribution < 1.29 is 23.8 Å². The lowest BCUT2D eigenvalue weighted by molar-refractivity contribution is 0.0428. The Balaban J connectivity index is 2.25. The molecule has 11 nitrogen and oxygen atoms in total. The third-order valence-corrected chi connectivity index (χ3v) is 6.40. The number of nitrogens with one attached hydrogen (secondary N) is 1. The zero-order valence-electron chi connectivity index (χ0n) is 25.6. The number of hydrogen-bond acceptors (Lipinski definition) is 8. The van der Waals surface area contributed by atoms with Crippen LogP contribution in [0.4, 0.5) is 15.4 Å². The number of hydrogen-bond donors (Lipinski definition) is 1. The van der Waals surface area contributed by atoms with Crippen molar-refractivity contribution in [2.75, 3.05) is 12.0 Å². The molecular weight excluding hydrogens is 524 g/mol. The van der Waals surface area contributed by atoms with E-state index in [1.54, 1.807) is 53.2 Å². The van der Waals surface area contributed by atoms with E-state index < -0.39 is 23.4 Å². The van der Waals surface area contributed by atoms with E-state index in [1.807, 2.05) is 45.9 Å². The maximum atomic E-state index is 14.0. The summed E-state index contributed by atoms with van der Waals surface area (Å²) in [6.45, 7) is 18.1. The van der Waals surface area contributed by atoms with Crippen molar-refractivity contribution in [1.29, 1.82) is 0 Å². The average molecular weight is 563 g/mol. The Morgan fingerprint density at radius 1 is 0.927 bits per heavy atom.